The molecule has 0 aromatic heterocycles. The predicted octanol–water partition coefficient (Wildman–Crippen LogP) is -0.841. The van der Waals surface area contributed by atoms with Gasteiger partial charge in [0.2, 0.25) is 0 Å². The molecule has 1 saturated heterocycles. The quantitative estimate of drug-likeness (QED) is 0.346. The largest absolute Gasteiger partial charge is 1.00 e. The summed E-state index contributed by atoms with van der Waals surface area (Å²) in [6.07, 6.45) is 3.71. The van der Waals surface area contributed by atoms with Gasteiger partial charge in [0.1, 0.15) is 5.60 Å². The Labute approximate surface area is 131 Å². The maximum absolute atomic E-state index is 6.72. The Morgan fingerprint density at radius 2 is 2.00 bits per heavy atom. The van der Waals surface area contributed by atoms with Gasteiger partial charge in [0.25, 0.3) is 0 Å². The molecule has 1 aliphatic heterocycles. The summed E-state index contributed by atoms with van der Waals surface area (Å²) in [6.45, 7) is 8.75. The monoisotopic (exact) mass is 223 g/mol. The Morgan fingerprint density at radius 1 is 1.50 bits per heavy atom. The number of rotatable bonds is 1. The molecule has 1 fully saturated rings. The first-order valence-corrected chi connectivity index (χ1v) is 4.19. The van der Waals surface area contributed by atoms with Crippen molar-refractivity contribution in [3.8, 4) is 0 Å². The van der Waals surface area contributed by atoms with Gasteiger partial charge in [-0.2, -0.15) is 6.21 Å². The van der Waals surface area contributed by atoms with E-state index in [1.165, 1.54) is 0 Å². The first-order chi connectivity index (χ1) is 5.64. The van der Waals surface area contributed by atoms with Gasteiger partial charge in [-0.25, -0.2) is 0 Å². The van der Waals surface area contributed by atoms with Gasteiger partial charge in [-0.05, 0) is 13.8 Å². The zero-order chi connectivity index (χ0) is 9.61. The van der Waals surface area contributed by atoms with Crippen LogP contribution in [-0.2, 0) is 4.74 Å². The molecule has 2 N–H and O–H groups in total. The van der Waals surface area contributed by atoms with Crippen LogP contribution in [0.1, 0.15) is 27.7 Å². The van der Waals surface area contributed by atoms with E-state index in [1.54, 1.807) is 0 Å². The van der Waals surface area contributed by atoms with Crippen molar-refractivity contribution in [2.24, 2.45) is 0 Å². The molecule has 4 heteroatoms. The summed E-state index contributed by atoms with van der Waals surface area (Å²) in [4.78, 5) is 0. The predicted molar refractivity (Wildman–Crippen MR) is 56.5 cm³/mol. The third-order valence-corrected chi connectivity index (χ3v) is 1.26. The topological polar surface area (TPSA) is 45.1 Å². The van der Waals surface area contributed by atoms with Crippen molar-refractivity contribution in [1.82, 2.24) is 5.32 Å². The molecule has 0 aliphatic carbocycles. The molecule has 14 heavy (non-hydrogen) atoms. The molecule has 0 amide bonds. The van der Waals surface area contributed by atoms with Crippen molar-refractivity contribution < 1.29 is 56.1 Å². The van der Waals surface area contributed by atoms with Crippen molar-refractivity contribution in [3.05, 3.63) is 19.4 Å². The molecule has 0 spiro atoms. The van der Waals surface area contributed by atoms with Gasteiger partial charge in [-0.3, -0.25) is 0 Å². The molecule has 0 aromatic rings. The summed E-state index contributed by atoms with van der Waals surface area (Å²) in [7, 11) is 0. The zero-order valence-electron chi connectivity index (χ0n) is 10.2. The van der Waals surface area contributed by atoms with Crippen molar-refractivity contribution in [3.63, 3.8) is 0 Å². The summed E-state index contributed by atoms with van der Waals surface area (Å²) in [5.74, 6) is 0.569. The minimum atomic E-state index is -0.147. The molecule has 0 atom stereocenters. The van der Waals surface area contributed by atoms with Gasteiger partial charge in [-0.1, -0.05) is 13.8 Å². The standard InChI is InChI=1S/C7H11N2O.C2H6.CH3.K/c1-7(2)5-9-6(10-7)3-4-8;1-2;;/h4,8-9H,5H2,1-2H3;1-2H3;1H3;/q-1;;-1;+1. The molecule has 0 bridgehead atoms. The first kappa shape index (κ1) is 20.1. The number of hydrogen-bond acceptors (Lipinski definition) is 3. The van der Waals surface area contributed by atoms with Gasteiger partial charge in [0.05, 0.1) is 6.54 Å². The van der Waals surface area contributed by atoms with E-state index in [-0.39, 0.29) is 64.4 Å². The van der Waals surface area contributed by atoms with E-state index >= 15 is 0 Å². The van der Waals surface area contributed by atoms with Crippen LogP contribution in [0.15, 0.2) is 5.88 Å². The normalized spacial score (nSPS) is 18.7. The van der Waals surface area contributed by atoms with Crippen LogP contribution in [-0.4, -0.2) is 18.4 Å². The zero-order valence-corrected chi connectivity index (χ0v) is 13.3. The molecule has 0 aromatic carbocycles. The summed E-state index contributed by atoms with van der Waals surface area (Å²) in [5, 5.41) is 9.70. The van der Waals surface area contributed by atoms with Crippen molar-refractivity contribution in [2.45, 2.75) is 33.3 Å². The van der Waals surface area contributed by atoms with Crippen LogP contribution in [0.5, 0.6) is 0 Å². The van der Waals surface area contributed by atoms with Gasteiger partial charge in [0.15, 0.2) is 0 Å². The third kappa shape index (κ3) is 8.00. The molecular weight excluding hydrogens is 203 g/mol. The Hall–Kier alpha value is 0.646. The van der Waals surface area contributed by atoms with Crippen LogP contribution in [0, 0.1) is 18.9 Å². The van der Waals surface area contributed by atoms with E-state index < -0.39 is 0 Å². The Bertz CT molecular complexity index is 179. The minimum Gasteiger partial charge on any atom is -0.507 e. The average molecular weight is 223 g/mol. The summed E-state index contributed by atoms with van der Waals surface area (Å²) in [5.41, 5.74) is -0.147. The first-order valence-electron chi connectivity index (χ1n) is 4.19. The van der Waals surface area contributed by atoms with E-state index in [2.05, 4.69) is 11.4 Å². The number of ether oxygens (including phenoxy) is 1. The van der Waals surface area contributed by atoms with E-state index in [1.807, 2.05) is 27.7 Å². The average Bonchev–Trinajstić information content (AvgIpc) is 2.35. The fourth-order valence-electron chi connectivity index (χ4n) is 0.788. The summed E-state index contributed by atoms with van der Waals surface area (Å²) in [6, 6.07) is 0. The molecule has 0 unspecified atom stereocenters. The molecular formula is C10H20KN2O-. The SMILES string of the molecule is CC.CC1(C)CNC(=[C-]C=N)O1.[CH3-].[K+]. The summed E-state index contributed by atoms with van der Waals surface area (Å²) < 4.78 is 5.33. The molecule has 0 saturated carbocycles. The Kier molecular flexibility index (Phi) is 14.6. The van der Waals surface area contributed by atoms with Crippen LogP contribution in [0.25, 0.3) is 0 Å². The fraction of sp³-hybridized carbons (Fsp3) is 0.600. The second-order valence-corrected chi connectivity index (χ2v) is 2.83. The second-order valence-electron chi connectivity index (χ2n) is 2.83. The van der Waals surface area contributed by atoms with Gasteiger partial charge in [-0.15, -0.1) is 0 Å². The maximum Gasteiger partial charge on any atom is 1.00 e. The number of nitrogens with one attached hydrogen (secondary N) is 2. The Morgan fingerprint density at radius 3 is 2.29 bits per heavy atom. The van der Waals surface area contributed by atoms with E-state index in [9.17, 15) is 0 Å². The van der Waals surface area contributed by atoms with Gasteiger partial charge in [0, 0.05) is 5.88 Å². The second kappa shape index (κ2) is 10.2. The molecule has 78 valence electrons. The van der Waals surface area contributed by atoms with E-state index in [4.69, 9.17) is 10.1 Å². The maximum atomic E-state index is 6.72. The molecule has 1 rings (SSSR count). The van der Waals surface area contributed by atoms with Crippen molar-refractivity contribution in [1.29, 1.82) is 5.41 Å². The smallest absolute Gasteiger partial charge is 0.507 e. The minimum absolute atomic E-state index is 0. The van der Waals surface area contributed by atoms with Crippen molar-refractivity contribution in [2.75, 3.05) is 6.54 Å². The van der Waals surface area contributed by atoms with Gasteiger partial charge >= 0.3 is 51.4 Å². The van der Waals surface area contributed by atoms with Crippen LogP contribution < -0.4 is 56.7 Å². The number of hydrogen-bond donors (Lipinski definition) is 2. The fourth-order valence-corrected chi connectivity index (χ4v) is 0.788. The van der Waals surface area contributed by atoms with Crippen LogP contribution in [0.3, 0.4) is 0 Å². The van der Waals surface area contributed by atoms with Crippen LogP contribution >= 0.6 is 0 Å². The molecule has 3 nitrogen and oxygen atoms in total. The van der Waals surface area contributed by atoms with Crippen molar-refractivity contribution >= 4 is 6.21 Å². The van der Waals surface area contributed by atoms with Crippen LogP contribution in [0.2, 0.25) is 0 Å². The molecule has 1 aliphatic rings. The molecule has 1 heterocycles. The van der Waals surface area contributed by atoms with E-state index in [0.717, 1.165) is 12.8 Å². The Balaban J connectivity index is -0.000000284. The number of allylic oxidation sites excluding steroid dienone is 1. The summed E-state index contributed by atoms with van der Waals surface area (Å²) >= 11 is 0. The third-order valence-electron chi connectivity index (χ3n) is 1.26. The van der Waals surface area contributed by atoms with E-state index in [0.29, 0.717) is 5.88 Å². The van der Waals surface area contributed by atoms with Crippen LogP contribution in [0.4, 0.5) is 0 Å². The molecule has 0 radical (unpaired) electrons. The van der Waals surface area contributed by atoms with Gasteiger partial charge < -0.3 is 29.0 Å².